The molecule has 0 saturated carbocycles. The monoisotopic (exact) mass is 260 g/mol. The zero-order chi connectivity index (χ0) is 14.2. The lowest BCUT2D eigenvalue weighted by Gasteiger charge is -2.38. The van der Waals surface area contributed by atoms with Crippen LogP contribution in [0.3, 0.4) is 0 Å². The summed E-state index contributed by atoms with van der Waals surface area (Å²) in [5.74, 6) is 0.188. The second-order valence-electron chi connectivity index (χ2n) is 6.54. The van der Waals surface area contributed by atoms with E-state index in [1.165, 1.54) is 5.56 Å². The van der Waals surface area contributed by atoms with E-state index in [-0.39, 0.29) is 23.5 Å². The first kappa shape index (κ1) is 14.1. The molecule has 1 heterocycles. The molecule has 0 radical (unpaired) electrons. The Morgan fingerprint density at radius 2 is 1.84 bits per heavy atom. The van der Waals surface area contributed by atoms with Crippen molar-refractivity contribution in [1.29, 1.82) is 0 Å². The van der Waals surface area contributed by atoms with Crippen LogP contribution in [-0.4, -0.2) is 23.4 Å². The molecule has 2 rings (SSSR count). The Morgan fingerprint density at radius 1 is 1.26 bits per heavy atom. The molecule has 2 unspecified atom stereocenters. The smallest absolute Gasteiger partial charge is 0.238 e. The largest absolute Gasteiger partial charge is 0.319 e. The van der Waals surface area contributed by atoms with Crippen LogP contribution in [0.2, 0.25) is 0 Å². The second-order valence-corrected chi connectivity index (χ2v) is 6.54. The summed E-state index contributed by atoms with van der Waals surface area (Å²) in [5.41, 5.74) is 2.47. The van der Waals surface area contributed by atoms with E-state index in [0.717, 1.165) is 5.56 Å². The molecule has 1 amide bonds. The van der Waals surface area contributed by atoms with Crippen molar-refractivity contribution in [2.75, 3.05) is 6.54 Å². The van der Waals surface area contributed by atoms with Crippen molar-refractivity contribution in [2.45, 2.75) is 46.8 Å². The normalized spacial score (nSPS) is 21.8. The second kappa shape index (κ2) is 4.97. The first-order chi connectivity index (χ1) is 8.80. The minimum Gasteiger partial charge on any atom is -0.319 e. The zero-order valence-corrected chi connectivity index (χ0v) is 12.5. The Labute approximate surface area is 116 Å². The summed E-state index contributed by atoms with van der Waals surface area (Å²) in [6, 6.07) is 8.60. The highest BCUT2D eigenvalue weighted by Gasteiger charge is 2.39. The average Bonchev–Trinajstić information content (AvgIpc) is 2.70. The maximum absolute atomic E-state index is 12.2. The van der Waals surface area contributed by atoms with E-state index >= 15 is 0 Å². The minimum atomic E-state index is 0.00215. The molecule has 0 aromatic heterocycles. The van der Waals surface area contributed by atoms with E-state index < -0.39 is 0 Å². The molecule has 0 spiro atoms. The number of hydrogen-bond acceptors (Lipinski definition) is 2. The lowest BCUT2D eigenvalue weighted by Crippen LogP contribution is -2.45. The first-order valence-electron chi connectivity index (χ1n) is 6.92. The van der Waals surface area contributed by atoms with Crippen LogP contribution in [0.1, 0.15) is 45.0 Å². The topological polar surface area (TPSA) is 32.3 Å². The van der Waals surface area contributed by atoms with Crippen molar-refractivity contribution in [1.82, 2.24) is 10.2 Å². The van der Waals surface area contributed by atoms with E-state index in [1.54, 1.807) is 0 Å². The van der Waals surface area contributed by atoms with E-state index in [2.05, 4.69) is 64.2 Å². The maximum Gasteiger partial charge on any atom is 0.238 e. The predicted molar refractivity (Wildman–Crippen MR) is 77.7 cm³/mol. The van der Waals surface area contributed by atoms with E-state index in [0.29, 0.717) is 6.54 Å². The fourth-order valence-corrected chi connectivity index (χ4v) is 2.40. The number of carbonyl (C=O) groups excluding carboxylic acids is 1. The SMILES string of the molecule is Cc1ccc(C2NCC(=O)N2C(C)C(C)(C)C)cc1. The molecule has 104 valence electrons. The third-order valence-electron chi connectivity index (χ3n) is 4.08. The van der Waals surface area contributed by atoms with Gasteiger partial charge in [0.1, 0.15) is 6.17 Å². The minimum absolute atomic E-state index is 0.00215. The number of nitrogens with one attached hydrogen (secondary N) is 1. The molecular weight excluding hydrogens is 236 g/mol. The highest BCUT2D eigenvalue weighted by Crippen LogP contribution is 2.32. The Hall–Kier alpha value is -1.35. The van der Waals surface area contributed by atoms with E-state index in [9.17, 15) is 4.79 Å². The fraction of sp³-hybridized carbons (Fsp3) is 0.562. The van der Waals surface area contributed by atoms with Gasteiger partial charge >= 0.3 is 0 Å². The number of rotatable bonds is 2. The standard InChI is InChI=1S/C16H24N2O/c1-11-6-8-13(9-7-11)15-17-10-14(19)18(15)12(2)16(3,4)5/h6-9,12,15,17H,10H2,1-5H3. The molecule has 3 nitrogen and oxygen atoms in total. The van der Waals surface area contributed by atoms with Gasteiger partial charge in [0.05, 0.1) is 6.54 Å². The number of carbonyl (C=O) groups is 1. The number of amides is 1. The van der Waals surface area contributed by atoms with Crippen molar-refractivity contribution in [2.24, 2.45) is 5.41 Å². The summed E-state index contributed by atoms with van der Waals surface area (Å²) in [6.45, 7) is 11.2. The van der Waals surface area contributed by atoms with Gasteiger partial charge in [-0.3, -0.25) is 10.1 Å². The van der Waals surface area contributed by atoms with Gasteiger partial charge in [-0.15, -0.1) is 0 Å². The Morgan fingerprint density at radius 3 is 2.37 bits per heavy atom. The van der Waals surface area contributed by atoms with Crippen LogP contribution in [0.15, 0.2) is 24.3 Å². The Kier molecular flexibility index (Phi) is 3.68. The van der Waals surface area contributed by atoms with Gasteiger partial charge in [0.2, 0.25) is 5.91 Å². The molecule has 1 N–H and O–H groups in total. The zero-order valence-electron chi connectivity index (χ0n) is 12.5. The molecule has 19 heavy (non-hydrogen) atoms. The Balaban J connectivity index is 2.29. The van der Waals surface area contributed by atoms with Gasteiger partial charge < -0.3 is 4.90 Å². The third kappa shape index (κ3) is 2.81. The van der Waals surface area contributed by atoms with Crippen molar-refractivity contribution in [3.05, 3.63) is 35.4 Å². The van der Waals surface area contributed by atoms with Gasteiger partial charge in [-0.1, -0.05) is 50.6 Å². The molecule has 1 aliphatic rings. The van der Waals surface area contributed by atoms with Gasteiger partial charge in [0.25, 0.3) is 0 Å². The summed E-state index contributed by atoms with van der Waals surface area (Å²) < 4.78 is 0. The summed E-state index contributed by atoms with van der Waals surface area (Å²) >= 11 is 0. The average molecular weight is 260 g/mol. The van der Waals surface area contributed by atoms with Crippen molar-refractivity contribution >= 4 is 5.91 Å². The summed E-state index contributed by atoms with van der Waals surface area (Å²) in [6.07, 6.45) is 0.00215. The molecule has 3 heteroatoms. The van der Waals surface area contributed by atoms with E-state index in [4.69, 9.17) is 0 Å². The lowest BCUT2D eigenvalue weighted by atomic mass is 9.86. The van der Waals surface area contributed by atoms with Gasteiger partial charge in [-0.05, 0) is 24.8 Å². The van der Waals surface area contributed by atoms with Crippen molar-refractivity contribution < 1.29 is 4.79 Å². The number of hydrogen-bond donors (Lipinski definition) is 1. The van der Waals surface area contributed by atoms with Crippen LogP contribution >= 0.6 is 0 Å². The predicted octanol–water partition coefficient (Wildman–Crippen LogP) is 2.86. The van der Waals surface area contributed by atoms with Gasteiger partial charge in [0, 0.05) is 6.04 Å². The molecule has 1 aromatic rings. The summed E-state index contributed by atoms with van der Waals surface area (Å²) in [7, 11) is 0. The highest BCUT2D eigenvalue weighted by molar-refractivity contribution is 5.81. The van der Waals surface area contributed by atoms with Crippen LogP contribution < -0.4 is 5.32 Å². The van der Waals surface area contributed by atoms with Crippen LogP contribution in [0.4, 0.5) is 0 Å². The molecule has 2 atom stereocenters. The van der Waals surface area contributed by atoms with Crippen LogP contribution in [0.25, 0.3) is 0 Å². The quantitative estimate of drug-likeness (QED) is 0.887. The number of aryl methyl sites for hydroxylation is 1. The molecule has 1 aromatic carbocycles. The number of nitrogens with zero attached hydrogens (tertiary/aromatic N) is 1. The molecule has 1 fully saturated rings. The summed E-state index contributed by atoms with van der Waals surface area (Å²) in [5, 5.41) is 3.32. The van der Waals surface area contributed by atoms with Crippen LogP contribution in [0, 0.1) is 12.3 Å². The summed E-state index contributed by atoms with van der Waals surface area (Å²) in [4.78, 5) is 14.2. The Bertz CT molecular complexity index is 459. The fourth-order valence-electron chi connectivity index (χ4n) is 2.40. The van der Waals surface area contributed by atoms with Crippen molar-refractivity contribution in [3.8, 4) is 0 Å². The highest BCUT2D eigenvalue weighted by atomic mass is 16.2. The molecule has 0 bridgehead atoms. The maximum atomic E-state index is 12.2. The van der Waals surface area contributed by atoms with E-state index in [1.807, 2.05) is 4.90 Å². The van der Waals surface area contributed by atoms with Gasteiger partial charge in [-0.25, -0.2) is 0 Å². The first-order valence-corrected chi connectivity index (χ1v) is 6.92. The van der Waals surface area contributed by atoms with Crippen LogP contribution in [-0.2, 0) is 4.79 Å². The molecule has 1 saturated heterocycles. The van der Waals surface area contributed by atoms with Crippen molar-refractivity contribution in [3.63, 3.8) is 0 Å². The van der Waals surface area contributed by atoms with Crippen LogP contribution in [0.5, 0.6) is 0 Å². The molecule has 0 aliphatic carbocycles. The van der Waals surface area contributed by atoms with Gasteiger partial charge in [0.15, 0.2) is 0 Å². The third-order valence-corrected chi connectivity index (χ3v) is 4.08. The number of benzene rings is 1. The lowest BCUT2D eigenvalue weighted by molar-refractivity contribution is -0.132. The van der Waals surface area contributed by atoms with Gasteiger partial charge in [-0.2, -0.15) is 0 Å². The molecular formula is C16H24N2O. The molecule has 1 aliphatic heterocycles.